The smallest absolute Gasteiger partial charge is 0.235 e. The predicted octanol–water partition coefficient (Wildman–Crippen LogP) is 2.66. The lowest BCUT2D eigenvalue weighted by atomic mass is 10.2. The number of nitrogens with zero attached hydrogens (tertiary/aromatic N) is 5. The molecule has 1 rings (SSSR count). The summed E-state index contributed by atoms with van der Waals surface area (Å²) in [5.41, 5.74) is 0. The van der Waals surface area contributed by atoms with Crippen molar-refractivity contribution < 1.29 is 4.79 Å². The topological polar surface area (TPSA) is 54.3 Å². The molecule has 1 aromatic rings. The number of carbonyl (C=O) groups excluding carboxylic acids is 1. The Bertz CT molecular complexity index is 501. The van der Waals surface area contributed by atoms with Crippen LogP contribution in [0.2, 0.25) is 0 Å². The van der Waals surface area contributed by atoms with Crippen LogP contribution in [0.25, 0.3) is 0 Å². The van der Waals surface area contributed by atoms with Gasteiger partial charge in [0.25, 0.3) is 0 Å². The van der Waals surface area contributed by atoms with Crippen molar-refractivity contribution >= 4 is 17.7 Å². The molecule has 23 heavy (non-hydrogen) atoms. The Kier molecular flexibility index (Phi) is 8.05. The molecule has 6 nitrogen and oxygen atoms in total. The third-order valence-corrected chi connectivity index (χ3v) is 4.93. The minimum Gasteiger partial charge on any atom is -0.348 e. The molecular weight excluding hydrogens is 310 g/mol. The number of unbranched alkanes of at least 4 members (excludes halogenated alkanes) is 1. The SMILES string of the molecule is CCCCn1c(SC(C)C(=O)N(C)C)nnc1C(CC)N(C)C. The number of hydrogen-bond acceptors (Lipinski definition) is 5. The largest absolute Gasteiger partial charge is 0.348 e. The normalized spacial score (nSPS) is 14.1. The molecule has 1 amide bonds. The first-order valence-corrected chi connectivity index (χ1v) is 9.18. The van der Waals surface area contributed by atoms with Gasteiger partial charge in [-0.05, 0) is 33.9 Å². The fourth-order valence-corrected chi connectivity index (χ4v) is 3.54. The van der Waals surface area contributed by atoms with Gasteiger partial charge in [-0.25, -0.2) is 0 Å². The Morgan fingerprint density at radius 2 is 1.87 bits per heavy atom. The second kappa shape index (κ2) is 9.27. The molecule has 1 heterocycles. The van der Waals surface area contributed by atoms with Gasteiger partial charge < -0.3 is 9.47 Å². The molecule has 0 aliphatic rings. The van der Waals surface area contributed by atoms with E-state index < -0.39 is 0 Å². The maximum absolute atomic E-state index is 12.1. The molecule has 0 spiro atoms. The third kappa shape index (κ3) is 5.21. The average Bonchev–Trinajstić information content (AvgIpc) is 2.87. The molecule has 0 fully saturated rings. The van der Waals surface area contributed by atoms with Gasteiger partial charge in [-0.3, -0.25) is 9.69 Å². The van der Waals surface area contributed by atoms with Crippen LogP contribution in [-0.4, -0.2) is 63.9 Å². The molecule has 0 aliphatic carbocycles. The van der Waals surface area contributed by atoms with Crippen LogP contribution in [0, 0.1) is 0 Å². The van der Waals surface area contributed by atoms with Crippen LogP contribution in [0.15, 0.2) is 5.16 Å². The summed E-state index contributed by atoms with van der Waals surface area (Å²) in [6.07, 6.45) is 3.18. The summed E-state index contributed by atoms with van der Waals surface area (Å²) in [6, 6.07) is 0.244. The van der Waals surface area contributed by atoms with Gasteiger partial charge in [-0.1, -0.05) is 32.0 Å². The first-order valence-electron chi connectivity index (χ1n) is 8.30. The standard InChI is InChI=1S/C16H31N5OS/c1-8-10-11-21-14(13(9-2)19(4)5)17-18-16(21)23-12(3)15(22)20(6)7/h12-13H,8-11H2,1-7H3. The fraction of sp³-hybridized carbons (Fsp3) is 0.812. The second-order valence-corrected chi connectivity index (χ2v) is 7.53. The highest BCUT2D eigenvalue weighted by Gasteiger charge is 2.24. The van der Waals surface area contributed by atoms with E-state index in [2.05, 4.69) is 47.6 Å². The van der Waals surface area contributed by atoms with Crippen LogP contribution in [0.3, 0.4) is 0 Å². The summed E-state index contributed by atoms with van der Waals surface area (Å²) in [7, 11) is 7.70. The zero-order valence-electron chi connectivity index (χ0n) is 15.5. The summed E-state index contributed by atoms with van der Waals surface area (Å²) in [5.74, 6) is 1.10. The number of amides is 1. The van der Waals surface area contributed by atoms with Crippen molar-refractivity contribution in [3.8, 4) is 0 Å². The van der Waals surface area contributed by atoms with Gasteiger partial charge in [-0.2, -0.15) is 0 Å². The van der Waals surface area contributed by atoms with Crippen LogP contribution >= 0.6 is 11.8 Å². The van der Waals surface area contributed by atoms with Crippen molar-refractivity contribution in [2.45, 2.75) is 63.0 Å². The highest BCUT2D eigenvalue weighted by Crippen LogP contribution is 2.28. The van der Waals surface area contributed by atoms with E-state index in [1.807, 2.05) is 6.92 Å². The van der Waals surface area contributed by atoms with E-state index in [9.17, 15) is 4.79 Å². The molecule has 0 radical (unpaired) electrons. The van der Waals surface area contributed by atoms with Gasteiger partial charge in [0.2, 0.25) is 5.91 Å². The van der Waals surface area contributed by atoms with E-state index in [-0.39, 0.29) is 17.2 Å². The van der Waals surface area contributed by atoms with Crippen molar-refractivity contribution in [3.05, 3.63) is 5.82 Å². The molecule has 0 aliphatic heterocycles. The van der Waals surface area contributed by atoms with E-state index in [4.69, 9.17) is 0 Å². The minimum absolute atomic E-state index is 0.0984. The summed E-state index contributed by atoms with van der Waals surface area (Å²) in [6.45, 7) is 7.16. The van der Waals surface area contributed by atoms with Gasteiger partial charge in [0.05, 0.1) is 11.3 Å². The Hall–Kier alpha value is -1.08. The summed E-state index contributed by atoms with van der Waals surface area (Å²) in [4.78, 5) is 15.9. The molecular formula is C16H31N5OS. The van der Waals surface area contributed by atoms with Gasteiger partial charge in [-0.15, -0.1) is 10.2 Å². The van der Waals surface area contributed by atoms with Gasteiger partial charge in [0.1, 0.15) is 0 Å². The molecule has 0 aromatic carbocycles. The van der Waals surface area contributed by atoms with Crippen molar-refractivity contribution in [1.29, 1.82) is 0 Å². The number of hydrogen-bond donors (Lipinski definition) is 0. The van der Waals surface area contributed by atoms with E-state index in [0.717, 1.165) is 36.8 Å². The Morgan fingerprint density at radius 1 is 1.22 bits per heavy atom. The van der Waals surface area contributed by atoms with Gasteiger partial charge >= 0.3 is 0 Å². The van der Waals surface area contributed by atoms with Gasteiger partial charge in [0.15, 0.2) is 11.0 Å². The molecule has 2 unspecified atom stereocenters. The van der Waals surface area contributed by atoms with Gasteiger partial charge in [0, 0.05) is 20.6 Å². The monoisotopic (exact) mass is 341 g/mol. The quantitative estimate of drug-likeness (QED) is 0.646. The van der Waals surface area contributed by atoms with Crippen molar-refractivity contribution in [2.75, 3.05) is 28.2 Å². The molecule has 0 saturated heterocycles. The fourth-order valence-electron chi connectivity index (χ4n) is 2.51. The summed E-state index contributed by atoms with van der Waals surface area (Å²) < 4.78 is 2.20. The van der Waals surface area contributed by atoms with E-state index in [1.54, 1.807) is 19.0 Å². The van der Waals surface area contributed by atoms with Crippen LogP contribution in [0.1, 0.15) is 51.9 Å². The first kappa shape index (κ1) is 20.0. The highest BCUT2D eigenvalue weighted by molar-refractivity contribution is 8.00. The lowest BCUT2D eigenvalue weighted by molar-refractivity contribution is -0.127. The van der Waals surface area contributed by atoms with E-state index in [0.29, 0.717) is 0 Å². The number of aromatic nitrogens is 3. The lowest BCUT2D eigenvalue weighted by Crippen LogP contribution is -2.30. The number of thioether (sulfide) groups is 1. The molecule has 1 aromatic heterocycles. The van der Waals surface area contributed by atoms with Crippen LogP contribution in [0.4, 0.5) is 0 Å². The second-order valence-electron chi connectivity index (χ2n) is 6.23. The van der Waals surface area contributed by atoms with Crippen LogP contribution in [0.5, 0.6) is 0 Å². The molecule has 2 atom stereocenters. The van der Waals surface area contributed by atoms with Crippen molar-refractivity contribution in [3.63, 3.8) is 0 Å². The van der Waals surface area contributed by atoms with Crippen molar-refractivity contribution in [2.24, 2.45) is 0 Å². The zero-order valence-corrected chi connectivity index (χ0v) is 16.4. The first-order chi connectivity index (χ1) is 10.8. The maximum atomic E-state index is 12.1. The Labute approximate surface area is 144 Å². The third-order valence-electron chi connectivity index (χ3n) is 3.86. The summed E-state index contributed by atoms with van der Waals surface area (Å²) in [5, 5.41) is 9.50. The number of carbonyl (C=O) groups is 1. The maximum Gasteiger partial charge on any atom is 0.235 e. The number of rotatable bonds is 9. The van der Waals surface area contributed by atoms with Crippen LogP contribution in [-0.2, 0) is 11.3 Å². The Balaban J connectivity index is 3.07. The molecule has 0 saturated carbocycles. The highest BCUT2D eigenvalue weighted by atomic mass is 32.2. The lowest BCUT2D eigenvalue weighted by Gasteiger charge is -2.23. The van der Waals surface area contributed by atoms with Crippen molar-refractivity contribution in [1.82, 2.24) is 24.6 Å². The molecule has 0 N–H and O–H groups in total. The van der Waals surface area contributed by atoms with E-state index in [1.165, 1.54) is 11.8 Å². The Morgan fingerprint density at radius 3 is 2.35 bits per heavy atom. The molecule has 7 heteroatoms. The molecule has 132 valence electrons. The predicted molar refractivity (Wildman–Crippen MR) is 95.7 cm³/mol. The van der Waals surface area contributed by atoms with Crippen LogP contribution < -0.4 is 0 Å². The summed E-state index contributed by atoms with van der Waals surface area (Å²) >= 11 is 1.50. The zero-order chi connectivity index (χ0) is 17.6. The van der Waals surface area contributed by atoms with E-state index >= 15 is 0 Å². The average molecular weight is 342 g/mol. The minimum atomic E-state index is -0.165. The molecule has 0 bridgehead atoms.